The molecule has 2 aliphatic rings. The molecule has 0 saturated carbocycles. The molecule has 0 spiro atoms. The SMILES string of the molecule is CSN1CCC(COc2coc(C(N3CCc4ccccc4C3)C(F)(F)F)cc2=O)CC1. The minimum atomic E-state index is -4.57. The first-order chi connectivity index (χ1) is 15.3. The Labute approximate surface area is 189 Å². The van der Waals surface area contributed by atoms with Crippen LogP contribution in [0.4, 0.5) is 13.2 Å². The van der Waals surface area contributed by atoms with E-state index in [1.54, 1.807) is 11.9 Å². The van der Waals surface area contributed by atoms with E-state index in [4.69, 9.17) is 9.15 Å². The molecule has 0 radical (unpaired) electrons. The molecule has 1 atom stereocenters. The molecule has 2 aliphatic heterocycles. The van der Waals surface area contributed by atoms with Crippen LogP contribution in [-0.4, -0.2) is 47.9 Å². The molecule has 1 aromatic carbocycles. The van der Waals surface area contributed by atoms with Gasteiger partial charge < -0.3 is 9.15 Å². The third-order valence-corrected chi connectivity index (χ3v) is 7.11. The molecule has 32 heavy (non-hydrogen) atoms. The Kier molecular flexibility index (Phi) is 7.17. The summed E-state index contributed by atoms with van der Waals surface area (Å²) in [6.07, 6.45) is 0.929. The van der Waals surface area contributed by atoms with Crippen molar-refractivity contribution in [3.63, 3.8) is 0 Å². The Morgan fingerprint density at radius 2 is 1.91 bits per heavy atom. The molecule has 3 heterocycles. The molecule has 1 unspecified atom stereocenters. The third-order valence-electron chi connectivity index (χ3n) is 6.23. The molecule has 2 aromatic rings. The van der Waals surface area contributed by atoms with Crippen molar-refractivity contribution >= 4 is 11.9 Å². The summed E-state index contributed by atoms with van der Waals surface area (Å²) in [6.45, 7) is 2.65. The van der Waals surface area contributed by atoms with E-state index >= 15 is 0 Å². The minimum Gasteiger partial charge on any atom is -0.486 e. The molecule has 9 heteroatoms. The maximum Gasteiger partial charge on any atom is 0.411 e. The lowest BCUT2D eigenvalue weighted by Gasteiger charge is -2.35. The van der Waals surface area contributed by atoms with Gasteiger partial charge in [0.05, 0.1) is 6.61 Å². The van der Waals surface area contributed by atoms with Gasteiger partial charge in [0.2, 0.25) is 11.2 Å². The van der Waals surface area contributed by atoms with Gasteiger partial charge in [0.15, 0.2) is 6.04 Å². The highest BCUT2D eigenvalue weighted by Crippen LogP contribution is 2.40. The molecule has 1 saturated heterocycles. The average Bonchev–Trinajstić information content (AvgIpc) is 2.78. The lowest BCUT2D eigenvalue weighted by molar-refractivity contribution is -0.193. The van der Waals surface area contributed by atoms with E-state index in [0.29, 0.717) is 18.9 Å². The predicted molar refractivity (Wildman–Crippen MR) is 118 cm³/mol. The zero-order chi connectivity index (χ0) is 22.7. The van der Waals surface area contributed by atoms with Crippen molar-refractivity contribution in [2.75, 3.05) is 32.5 Å². The van der Waals surface area contributed by atoms with Crippen LogP contribution in [-0.2, 0) is 13.0 Å². The molecule has 4 rings (SSSR count). The molecule has 1 aromatic heterocycles. The first-order valence-electron chi connectivity index (χ1n) is 10.8. The van der Waals surface area contributed by atoms with Gasteiger partial charge in [0, 0.05) is 32.2 Å². The molecule has 0 N–H and O–H groups in total. The smallest absolute Gasteiger partial charge is 0.411 e. The summed E-state index contributed by atoms with van der Waals surface area (Å²) in [7, 11) is 0. The van der Waals surface area contributed by atoms with Gasteiger partial charge in [-0.3, -0.25) is 14.0 Å². The molecule has 0 aliphatic carbocycles. The van der Waals surface area contributed by atoms with Crippen LogP contribution in [0.2, 0.25) is 0 Å². The largest absolute Gasteiger partial charge is 0.486 e. The Bertz CT molecular complexity index is 973. The first-order valence-corrected chi connectivity index (χ1v) is 12.0. The maximum atomic E-state index is 14.0. The highest BCUT2D eigenvalue weighted by molar-refractivity contribution is 7.96. The van der Waals surface area contributed by atoms with Crippen molar-refractivity contribution in [2.45, 2.75) is 38.0 Å². The van der Waals surface area contributed by atoms with Crippen LogP contribution in [0.1, 0.15) is 35.8 Å². The topological polar surface area (TPSA) is 45.9 Å². The third kappa shape index (κ3) is 5.32. The van der Waals surface area contributed by atoms with Crippen LogP contribution in [0.15, 0.2) is 45.8 Å². The van der Waals surface area contributed by atoms with Crippen LogP contribution in [0, 0.1) is 5.92 Å². The van der Waals surface area contributed by atoms with Gasteiger partial charge in [-0.2, -0.15) is 13.2 Å². The number of halogens is 3. The highest BCUT2D eigenvalue weighted by atomic mass is 32.2. The van der Waals surface area contributed by atoms with E-state index in [0.717, 1.165) is 49.4 Å². The van der Waals surface area contributed by atoms with Gasteiger partial charge in [0.1, 0.15) is 12.0 Å². The lowest BCUT2D eigenvalue weighted by atomic mass is 9.98. The summed E-state index contributed by atoms with van der Waals surface area (Å²) >= 11 is 1.71. The summed E-state index contributed by atoms with van der Waals surface area (Å²) < 4.78 is 55.3. The molecule has 0 bridgehead atoms. The number of alkyl halides is 3. The summed E-state index contributed by atoms with van der Waals surface area (Å²) in [4.78, 5) is 13.9. The van der Waals surface area contributed by atoms with Gasteiger partial charge in [-0.15, -0.1) is 0 Å². The molecular formula is C23H27F3N2O3S. The highest BCUT2D eigenvalue weighted by Gasteiger charge is 2.47. The number of benzene rings is 1. The van der Waals surface area contributed by atoms with E-state index in [9.17, 15) is 18.0 Å². The number of rotatable bonds is 6. The fourth-order valence-corrected chi connectivity index (χ4v) is 4.99. The molecule has 174 valence electrons. The molecule has 0 amide bonds. The summed E-state index contributed by atoms with van der Waals surface area (Å²) in [5.41, 5.74) is 1.33. The summed E-state index contributed by atoms with van der Waals surface area (Å²) in [5, 5.41) is 0. The quantitative estimate of drug-likeness (QED) is 0.575. The van der Waals surface area contributed by atoms with Gasteiger partial charge in [-0.05, 0) is 42.6 Å². The van der Waals surface area contributed by atoms with Crippen molar-refractivity contribution < 1.29 is 22.3 Å². The second-order valence-corrected chi connectivity index (χ2v) is 9.19. The fraction of sp³-hybridized carbons (Fsp3) is 0.522. The Morgan fingerprint density at radius 1 is 1.19 bits per heavy atom. The van der Waals surface area contributed by atoms with Gasteiger partial charge in [-0.1, -0.05) is 36.2 Å². The number of fused-ring (bicyclic) bond motifs is 1. The summed E-state index contributed by atoms with van der Waals surface area (Å²) in [6, 6.07) is 6.44. The zero-order valence-electron chi connectivity index (χ0n) is 17.9. The van der Waals surface area contributed by atoms with Crippen molar-refractivity contribution in [1.82, 2.24) is 9.21 Å². The van der Waals surface area contributed by atoms with Crippen LogP contribution in [0.25, 0.3) is 0 Å². The predicted octanol–water partition coefficient (Wildman–Crippen LogP) is 4.67. The van der Waals surface area contributed by atoms with E-state index in [1.807, 2.05) is 30.5 Å². The number of piperidine rings is 1. The Hall–Kier alpha value is -1.97. The monoisotopic (exact) mass is 468 g/mol. The molecular weight excluding hydrogens is 441 g/mol. The van der Waals surface area contributed by atoms with Crippen molar-refractivity contribution in [2.24, 2.45) is 5.92 Å². The van der Waals surface area contributed by atoms with Gasteiger partial charge >= 0.3 is 6.18 Å². The normalized spacial score (nSPS) is 19.5. The second-order valence-electron chi connectivity index (χ2n) is 8.31. The van der Waals surface area contributed by atoms with E-state index in [-0.39, 0.29) is 18.8 Å². The van der Waals surface area contributed by atoms with Crippen molar-refractivity contribution in [1.29, 1.82) is 0 Å². The van der Waals surface area contributed by atoms with Crippen LogP contribution in [0.3, 0.4) is 0 Å². The Morgan fingerprint density at radius 3 is 2.56 bits per heavy atom. The molecule has 5 nitrogen and oxygen atoms in total. The van der Waals surface area contributed by atoms with Gasteiger partial charge in [0.25, 0.3) is 0 Å². The van der Waals surface area contributed by atoms with Crippen LogP contribution < -0.4 is 10.2 Å². The van der Waals surface area contributed by atoms with E-state index < -0.39 is 23.4 Å². The van der Waals surface area contributed by atoms with Crippen molar-refractivity contribution in [3.8, 4) is 5.75 Å². The maximum absolute atomic E-state index is 14.0. The van der Waals surface area contributed by atoms with Crippen LogP contribution in [0.5, 0.6) is 5.75 Å². The van der Waals surface area contributed by atoms with Crippen LogP contribution >= 0.6 is 11.9 Å². The second kappa shape index (κ2) is 9.89. The van der Waals surface area contributed by atoms with E-state index in [2.05, 4.69) is 4.31 Å². The Balaban J connectivity index is 1.46. The number of nitrogens with zero attached hydrogens (tertiary/aromatic N) is 2. The summed E-state index contributed by atoms with van der Waals surface area (Å²) in [5.74, 6) is -0.123. The first kappa shape index (κ1) is 23.2. The number of hydrogen-bond donors (Lipinski definition) is 0. The number of hydrogen-bond acceptors (Lipinski definition) is 6. The fourth-order valence-electron chi connectivity index (χ4n) is 4.41. The molecule has 1 fully saturated rings. The zero-order valence-corrected chi connectivity index (χ0v) is 18.8. The average molecular weight is 469 g/mol. The van der Waals surface area contributed by atoms with Crippen molar-refractivity contribution in [3.05, 3.63) is 63.7 Å². The lowest BCUT2D eigenvalue weighted by Crippen LogP contribution is -2.41. The standard InChI is InChI=1S/C23H27F3N2O3S/c1-32-28-10-6-16(7-11-28)14-30-21-15-31-20(12-19(21)29)22(23(24,25)26)27-9-8-17-4-2-3-5-18(17)13-27/h2-5,12,15-16,22H,6-11,13-14H2,1H3. The number of ether oxygens (including phenoxy) is 1. The van der Waals surface area contributed by atoms with E-state index in [1.165, 1.54) is 4.90 Å². The van der Waals surface area contributed by atoms with Gasteiger partial charge in [-0.25, -0.2) is 0 Å². The minimum absolute atomic E-state index is 0.0361.